The highest BCUT2D eigenvalue weighted by atomic mass is 35.5. The quantitative estimate of drug-likeness (QED) is 0.736. The molecule has 1 aliphatic heterocycles. The molecule has 1 unspecified atom stereocenters. The van der Waals surface area contributed by atoms with Gasteiger partial charge in [-0.05, 0) is 31.1 Å². The number of benzene rings is 1. The van der Waals surface area contributed by atoms with Crippen molar-refractivity contribution in [3.05, 3.63) is 28.8 Å². The largest absolute Gasteiger partial charge is 0.423 e. The smallest absolute Gasteiger partial charge is 0.404 e. The summed E-state index contributed by atoms with van der Waals surface area (Å²) in [6.07, 6.45) is 1.93. The number of hydrogen-bond donors (Lipinski definition) is 0. The highest BCUT2D eigenvalue weighted by molar-refractivity contribution is 6.32. The summed E-state index contributed by atoms with van der Waals surface area (Å²) in [7, 11) is 0. The summed E-state index contributed by atoms with van der Waals surface area (Å²) in [5.41, 5.74) is 1.83. The predicted molar refractivity (Wildman–Crippen MR) is 61.5 cm³/mol. The number of halogens is 2. The molecule has 0 aromatic heterocycles. The Kier molecular flexibility index (Phi) is 2.58. The van der Waals surface area contributed by atoms with Gasteiger partial charge in [-0.1, -0.05) is 17.7 Å². The number of allylic oxidation sites excluding steroid dienone is 2. The molecule has 0 fully saturated rings. The van der Waals surface area contributed by atoms with E-state index in [-0.39, 0.29) is 0 Å². The van der Waals surface area contributed by atoms with Crippen molar-refractivity contribution in [2.45, 2.75) is 26.8 Å². The van der Waals surface area contributed by atoms with E-state index in [1.54, 1.807) is 12.1 Å². The van der Waals surface area contributed by atoms with Crippen LogP contribution in [-0.4, -0.2) is 6.04 Å². The SMILES string of the molecule is CC=C(C)c1cc2c(cc1Cl)OC(C)(F)O2. The van der Waals surface area contributed by atoms with Crippen LogP contribution in [0.1, 0.15) is 26.3 Å². The molecule has 0 aliphatic carbocycles. The summed E-state index contributed by atoms with van der Waals surface area (Å²) < 4.78 is 23.4. The van der Waals surface area contributed by atoms with Crippen LogP contribution in [0.25, 0.3) is 5.57 Å². The minimum Gasteiger partial charge on any atom is -0.423 e. The number of hydrogen-bond acceptors (Lipinski definition) is 2. The van der Waals surface area contributed by atoms with E-state index >= 15 is 0 Å². The summed E-state index contributed by atoms with van der Waals surface area (Å²) in [5, 5.41) is 0.524. The van der Waals surface area contributed by atoms with E-state index in [4.69, 9.17) is 21.1 Å². The highest BCUT2D eigenvalue weighted by Gasteiger charge is 2.37. The molecular formula is C12H12ClFO2. The molecule has 2 rings (SSSR count). The molecule has 0 saturated heterocycles. The second-order valence-electron chi connectivity index (χ2n) is 3.79. The van der Waals surface area contributed by atoms with Gasteiger partial charge in [0.2, 0.25) is 0 Å². The van der Waals surface area contributed by atoms with E-state index in [1.807, 2.05) is 19.9 Å². The maximum absolute atomic E-state index is 13.4. The van der Waals surface area contributed by atoms with Crippen LogP contribution in [0, 0.1) is 0 Å². The van der Waals surface area contributed by atoms with Gasteiger partial charge >= 0.3 is 6.04 Å². The van der Waals surface area contributed by atoms with Crippen LogP contribution in [0.5, 0.6) is 11.5 Å². The molecule has 4 heteroatoms. The Bertz CT molecular complexity index is 466. The van der Waals surface area contributed by atoms with Crippen molar-refractivity contribution in [1.82, 2.24) is 0 Å². The lowest BCUT2D eigenvalue weighted by molar-refractivity contribution is -0.173. The maximum Gasteiger partial charge on any atom is 0.404 e. The van der Waals surface area contributed by atoms with Crippen LogP contribution in [-0.2, 0) is 0 Å². The lowest BCUT2D eigenvalue weighted by atomic mass is 10.1. The molecular weight excluding hydrogens is 231 g/mol. The Morgan fingerprint density at radius 1 is 1.38 bits per heavy atom. The Morgan fingerprint density at radius 2 is 1.94 bits per heavy atom. The number of fused-ring (bicyclic) bond motifs is 1. The summed E-state index contributed by atoms with van der Waals surface area (Å²) in [4.78, 5) is 0. The van der Waals surface area contributed by atoms with Gasteiger partial charge in [0, 0.05) is 13.0 Å². The molecule has 0 bridgehead atoms. The molecule has 1 heterocycles. The molecule has 86 valence electrons. The fourth-order valence-electron chi connectivity index (χ4n) is 1.57. The van der Waals surface area contributed by atoms with E-state index in [1.165, 1.54) is 6.92 Å². The van der Waals surface area contributed by atoms with Crippen molar-refractivity contribution in [3.63, 3.8) is 0 Å². The van der Waals surface area contributed by atoms with Gasteiger partial charge in [0.25, 0.3) is 0 Å². The van der Waals surface area contributed by atoms with Crippen molar-refractivity contribution in [2.75, 3.05) is 0 Å². The number of ether oxygens (including phenoxy) is 2. The van der Waals surface area contributed by atoms with Crippen molar-refractivity contribution in [2.24, 2.45) is 0 Å². The van der Waals surface area contributed by atoms with Gasteiger partial charge < -0.3 is 9.47 Å². The normalized spacial score (nSPS) is 23.7. The fraction of sp³-hybridized carbons (Fsp3) is 0.333. The Labute approximate surface area is 98.6 Å². The molecule has 2 nitrogen and oxygen atoms in total. The van der Waals surface area contributed by atoms with Crippen LogP contribution in [0.4, 0.5) is 4.39 Å². The van der Waals surface area contributed by atoms with E-state index in [2.05, 4.69) is 0 Å². The Morgan fingerprint density at radius 3 is 2.50 bits per heavy atom. The third-order valence-corrected chi connectivity index (χ3v) is 2.79. The molecule has 1 aliphatic rings. The van der Waals surface area contributed by atoms with Gasteiger partial charge in [-0.25, -0.2) is 0 Å². The molecule has 0 N–H and O–H groups in total. The summed E-state index contributed by atoms with van der Waals surface area (Å²) in [5.74, 6) is 0.716. The van der Waals surface area contributed by atoms with Crippen LogP contribution < -0.4 is 9.47 Å². The third-order valence-electron chi connectivity index (χ3n) is 2.48. The minimum atomic E-state index is -2.10. The van der Waals surface area contributed by atoms with E-state index < -0.39 is 6.04 Å². The molecule has 1 atom stereocenters. The second-order valence-corrected chi connectivity index (χ2v) is 4.20. The average molecular weight is 243 g/mol. The molecule has 1 aromatic rings. The predicted octanol–water partition coefficient (Wildman–Crippen LogP) is 4.18. The average Bonchev–Trinajstić information content (AvgIpc) is 2.48. The first-order valence-corrected chi connectivity index (χ1v) is 5.34. The topological polar surface area (TPSA) is 18.5 Å². The van der Waals surface area contributed by atoms with E-state index in [0.29, 0.717) is 16.5 Å². The van der Waals surface area contributed by atoms with Crippen molar-refractivity contribution in [1.29, 1.82) is 0 Å². The van der Waals surface area contributed by atoms with Gasteiger partial charge in [-0.15, -0.1) is 0 Å². The van der Waals surface area contributed by atoms with Gasteiger partial charge in [0.15, 0.2) is 11.5 Å². The Balaban J connectivity index is 2.49. The number of rotatable bonds is 1. The summed E-state index contributed by atoms with van der Waals surface area (Å²) in [6.45, 7) is 5.05. The Hall–Kier alpha value is -1.22. The number of alkyl halides is 1. The molecule has 1 aromatic carbocycles. The van der Waals surface area contributed by atoms with Crippen molar-refractivity contribution in [3.8, 4) is 11.5 Å². The van der Waals surface area contributed by atoms with Gasteiger partial charge in [-0.2, -0.15) is 4.39 Å². The van der Waals surface area contributed by atoms with Crippen LogP contribution in [0.15, 0.2) is 18.2 Å². The van der Waals surface area contributed by atoms with Crippen LogP contribution in [0.3, 0.4) is 0 Å². The van der Waals surface area contributed by atoms with E-state index in [9.17, 15) is 4.39 Å². The summed E-state index contributed by atoms with van der Waals surface area (Å²) >= 11 is 6.08. The standard InChI is InChI=1S/C12H12ClFO2/c1-4-7(2)8-5-10-11(6-9(8)13)16-12(3,14)15-10/h4-6H,1-3H3. The summed E-state index contributed by atoms with van der Waals surface area (Å²) in [6, 6.07) is 1.16. The van der Waals surface area contributed by atoms with Gasteiger partial charge in [-0.3, -0.25) is 0 Å². The molecule has 16 heavy (non-hydrogen) atoms. The van der Waals surface area contributed by atoms with Crippen LogP contribution in [0.2, 0.25) is 5.02 Å². The molecule has 0 saturated carbocycles. The first-order chi connectivity index (χ1) is 7.43. The molecule has 0 spiro atoms. The second kappa shape index (κ2) is 3.67. The highest BCUT2D eigenvalue weighted by Crippen LogP contribution is 2.44. The lowest BCUT2D eigenvalue weighted by Gasteiger charge is -2.10. The molecule has 0 amide bonds. The monoisotopic (exact) mass is 242 g/mol. The van der Waals surface area contributed by atoms with Crippen molar-refractivity contribution < 1.29 is 13.9 Å². The van der Waals surface area contributed by atoms with Gasteiger partial charge in [0.05, 0.1) is 5.02 Å². The molecule has 0 radical (unpaired) electrons. The van der Waals surface area contributed by atoms with Crippen LogP contribution >= 0.6 is 11.6 Å². The zero-order valence-corrected chi connectivity index (χ0v) is 10.1. The maximum atomic E-state index is 13.4. The van der Waals surface area contributed by atoms with Crippen molar-refractivity contribution >= 4 is 17.2 Å². The first kappa shape index (κ1) is 11.3. The van der Waals surface area contributed by atoms with E-state index in [0.717, 1.165) is 11.1 Å². The minimum absolute atomic E-state index is 0.336. The first-order valence-electron chi connectivity index (χ1n) is 4.97. The lowest BCUT2D eigenvalue weighted by Crippen LogP contribution is -2.27. The van der Waals surface area contributed by atoms with Gasteiger partial charge in [0.1, 0.15) is 0 Å². The fourth-order valence-corrected chi connectivity index (χ4v) is 1.87. The third kappa shape index (κ3) is 1.87. The zero-order valence-electron chi connectivity index (χ0n) is 9.30. The zero-order chi connectivity index (χ0) is 11.9.